The number of hydrogen-bond acceptors (Lipinski definition) is 0. The Hall–Kier alpha value is -0.520. The van der Waals surface area contributed by atoms with E-state index in [0.29, 0.717) is 0 Å². The molecule has 7 heavy (non-hydrogen) atoms. The summed E-state index contributed by atoms with van der Waals surface area (Å²) in [6.07, 6.45) is 7.94. The molecule has 0 heteroatoms. The number of unbranched alkanes of at least 4 members (excludes halogenated alkanes) is 2. The molecule has 0 unspecified atom stereocenters. The monoisotopic (exact) mass is 95.1 g/mol. The summed E-state index contributed by atoms with van der Waals surface area (Å²) in [6.45, 7) is 7.06. The summed E-state index contributed by atoms with van der Waals surface area (Å²) in [5.41, 5.74) is 0. The van der Waals surface area contributed by atoms with E-state index < -0.39 is 0 Å². The molecule has 0 aromatic heterocycles. The van der Waals surface area contributed by atoms with Gasteiger partial charge in [-0.05, 0) is 19.3 Å². The van der Waals surface area contributed by atoms with Crippen molar-refractivity contribution in [2.75, 3.05) is 0 Å². The molecule has 0 saturated heterocycles. The number of hydrogen-bond donors (Lipinski definition) is 0. The molecule has 0 amide bonds. The summed E-state index contributed by atoms with van der Waals surface area (Å²) < 4.78 is 0. The Kier molecular flexibility index (Phi) is 5.07. The molecule has 0 atom stereocenters. The first-order valence-corrected chi connectivity index (χ1v) is 2.52. The van der Waals surface area contributed by atoms with E-state index in [-0.39, 0.29) is 0 Å². The maximum atomic E-state index is 3.58. The Balaban J connectivity index is 2.68. The molecule has 1 radical (unpaired) electrons. The molecular formula is C7H11. The van der Waals surface area contributed by atoms with Crippen molar-refractivity contribution in [2.24, 2.45) is 0 Å². The van der Waals surface area contributed by atoms with Gasteiger partial charge in [-0.2, -0.15) is 0 Å². The highest BCUT2D eigenvalue weighted by atomic mass is 13.8. The molecule has 39 valence electrons. The zero-order valence-corrected chi connectivity index (χ0v) is 4.61. The summed E-state index contributed by atoms with van der Waals surface area (Å²) in [6, 6.07) is 0. The minimum Gasteiger partial charge on any atom is -0.103 e. The van der Waals surface area contributed by atoms with Gasteiger partial charge in [0, 0.05) is 0 Å². The molecule has 0 N–H and O–H groups in total. The fourth-order valence-electron chi connectivity index (χ4n) is 0.371. The van der Waals surface area contributed by atoms with Crippen molar-refractivity contribution in [3.05, 3.63) is 25.3 Å². The van der Waals surface area contributed by atoms with Crippen LogP contribution >= 0.6 is 0 Å². The summed E-state index contributed by atoms with van der Waals surface area (Å²) in [4.78, 5) is 0. The standard InChI is InChI=1S/C7H11/c1-3-5-7-6-4-2/h3H,1-2,5-7H2. The lowest BCUT2D eigenvalue weighted by molar-refractivity contribution is 0.858. The Labute approximate surface area is 45.5 Å². The Bertz CT molecular complexity index is 45.1. The van der Waals surface area contributed by atoms with E-state index in [2.05, 4.69) is 19.2 Å². The van der Waals surface area contributed by atoms with Gasteiger partial charge in [0.2, 0.25) is 0 Å². The van der Waals surface area contributed by atoms with Crippen LogP contribution in [0.1, 0.15) is 19.3 Å². The van der Waals surface area contributed by atoms with Gasteiger partial charge in [-0.3, -0.25) is 0 Å². The van der Waals surface area contributed by atoms with Crippen molar-refractivity contribution < 1.29 is 0 Å². The molecule has 0 aliphatic carbocycles. The van der Waals surface area contributed by atoms with Crippen LogP contribution in [0.15, 0.2) is 19.2 Å². The molecule has 0 heterocycles. The van der Waals surface area contributed by atoms with Gasteiger partial charge in [-0.1, -0.05) is 18.7 Å². The van der Waals surface area contributed by atoms with Gasteiger partial charge in [-0.25, -0.2) is 0 Å². The van der Waals surface area contributed by atoms with Crippen molar-refractivity contribution in [3.8, 4) is 0 Å². The first-order chi connectivity index (χ1) is 3.41. The second kappa shape index (κ2) is 5.48. The quantitative estimate of drug-likeness (QED) is 0.371. The lowest BCUT2D eigenvalue weighted by Crippen LogP contribution is -1.65. The summed E-state index contributed by atoms with van der Waals surface area (Å²) in [5, 5.41) is 0. The fourth-order valence-corrected chi connectivity index (χ4v) is 0.371. The van der Waals surface area contributed by atoms with E-state index in [1.54, 1.807) is 0 Å². The third-order valence-corrected chi connectivity index (χ3v) is 0.762. The summed E-state index contributed by atoms with van der Waals surface area (Å²) in [7, 11) is 0. The largest absolute Gasteiger partial charge is 0.103 e. The molecule has 0 saturated carbocycles. The van der Waals surface area contributed by atoms with E-state index in [4.69, 9.17) is 0 Å². The normalized spacial score (nSPS) is 8.00. The van der Waals surface area contributed by atoms with E-state index in [0.717, 1.165) is 19.3 Å². The Morgan fingerprint density at radius 2 is 2.29 bits per heavy atom. The van der Waals surface area contributed by atoms with Crippen LogP contribution in [0.25, 0.3) is 0 Å². The van der Waals surface area contributed by atoms with Crippen molar-refractivity contribution in [2.45, 2.75) is 19.3 Å². The fraction of sp³-hybridized carbons (Fsp3) is 0.429. The van der Waals surface area contributed by atoms with Gasteiger partial charge < -0.3 is 0 Å². The lowest BCUT2D eigenvalue weighted by atomic mass is 10.2. The van der Waals surface area contributed by atoms with Gasteiger partial charge >= 0.3 is 0 Å². The zero-order valence-electron chi connectivity index (χ0n) is 4.61. The van der Waals surface area contributed by atoms with Crippen LogP contribution < -0.4 is 0 Å². The van der Waals surface area contributed by atoms with Gasteiger partial charge in [0.25, 0.3) is 0 Å². The van der Waals surface area contributed by atoms with E-state index in [1.807, 2.05) is 6.08 Å². The molecule has 0 aromatic carbocycles. The summed E-state index contributed by atoms with van der Waals surface area (Å²) in [5.74, 6) is 0. The third kappa shape index (κ3) is 5.48. The highest BCUT2D eigenvalue weighted by Crippen LogP contribution is 1.93. The minimum atomic E-state index is 0.992. The second-order valence-corrected chi connectivity index (χ2v) is 1.43. The Morgan fingerprint density at radius 3 is 2.71 bits per heavy atom. The average Bonchev–Trinajstić information content (AvgIpc) is 1.69. The van der Waals surface area contributed by atoms with Crippen LogP contribution in [0, 0.1) is 6.08 Å². The van der Waals surface area contributed by atoms with Gasteiger partial charge in [-0.15, -0.1) is 6.58 Å². The maximum Gasteiger partial charge on any atom is -0.0279 e. The molecular weight excluding hydrogens is 84.1 g/mol. The van der Waals surface area contributed by atoms with Crippen LogP contribution in [0.2, 0.25) is 0 Å². The Morgan fingerprint density at radius 1 is 1.57 bits per heavy atom. The maximum absolute atomic E-state index is 3.58. The van der Waals surface area contributed by atoms with Crippen LogP contribution in [0.3, 0.4) is 0 Å². The third-order valence-electron chi connectivity index (χ3n) is 0.762. The van der Waals surface area contributed by atoms with Gasteiger partial charge in [0.15, 0.2) is 0 Å². The molecule has 0 aliphatic rings. The summed E-state index contributed by atoms with van der Waals surface area (Å²) >= 11 is 0. The van der Waals surface area contributed by atoms with E-state index in [9.17, 15) is 0 Å². The predicted octanol–water partition coefficient (Wildman–Crippen LogP) is 2.33. The number of rotatable bonds is 4. The smallest absolute Gasteiger partial charge is 0.0279 e. The molecule has 0 aromatic rings. The average molecular weight is 95.2 g/mol. The van der Waals surface area contributed by atoms with Gasteiger partial charge in [0.05, 0.1) is 0 Å². The SMILES string of the molecule is C=[C]CCCC=C. The zero-order chi connectivity index (χ0) is 5.54. The van der Waals surface area contributed by atoms with E-state index in [1.165, 1.54) is 0 Å². The first kappa shape index (κ1) is 6.48. The van der Waals surface area contributed by atoms with Crippen LogP contribution in [0.4, 0.5) is 0 Å². The molecule has 0 bridgehead atoms. The van der Waals surface area contributed by atoms with Gasteiger partial charge in [0.1, 0.15) is 0 Å². The predicted molar refractivity (Wildman–Crippen MR) is 32.9 cm³/mol. The number of allylic oxidation sites excluding steroid dienone is 2. The first-order valence-electron chi connectivity index (χ1n) is 2.52. The molecule has 0 aliphatic heterocycles. The minimum absolute atomic E-state index is 0.992. The van der Waals surface area contributed by atoms with E-state index >= 15 is 0 Å². The molecule has 0 fully saturated rings. The molecule has 0 spiro atoms. The second-order valence-electron chi connectivity index (χ2n) is 1.43. The van der Waals surface area contributed by atoms with Crippen molar-refractivity contribution >= 4 is 0 Å². The van der Waals surface area contributed by atoms with Crippen molar-refractivity contribution in [1.29, 1.82) is 0 Å². The molecule has 0 rings (SSSR count). The highest BCUT2D eigenvalue weighted by Gasteiger charge is 1.74. The van der Waals surface area contributed by atoms with Crippen molar-refractivity contribution in [3.63, 3.8) is 0 Å². The van der Waals surface area contributed by atoms with Crippen LogP contribution in [-0.2, 0) is 0 Å². The van der Waals surface area contributed by atoms with Crippen LogP contribution in [0.5, 0.6) is 0 Å². The highest BCUT2D eigenvalue weighted by molar-refractivity contribution is 4.67. The van der Waals surface area contributed by atoms with Crippen molar-refractivity contribution in [1.82, 2.24) is 0 Å². The molecule has 0 nitrogen and oxygen atoms in total. The lowest BCUT2D eigenvalue weighted by Gasteiger charge is -1.83. The van der Waals surface area contributed by atoms with Crippen LogP contribution in [-0.4, -0.2) is 0 Å². The topological polar surface area (TPSA) is 0 Å².